The number of carbonyl (C=O) groups excluding carboxylic acids is 1. The molecule has 22 heavy (non-hydrogen) atoms. The van der Waals surface area contributed by atoms with Crippen molar-refractivity contribution in [2.75, 3.05) is 0 Å². The van der Waals surface area contributed by atoms with E-state index in [9.17, 15) is 15.2 Å². The fraction of sp³-hybridized carbons (Fsp3) is 0.412. The summed E-state index contributed by atoms with van der Waals surface area (Å²) in [5.41, 5.74) is 0.448. The van der Waals surface area contributed by atoms with Crippen molar-refractivity contribution in [2.45, 2.75) is 38.6 Å². The minimum atomic E-state index is -0.374. The second-order valence-electron chi connectivity index (χ2n) is 5.71. The molecule has 2 atom stereocenters. The van der Waals surface area contributed by atoms with Crippen molar-refractivity contribution in [3.8, 4) is 11.8 Å². The van der Waals surface area contributed by atoms with Crippen molar-refractivity contribution in [2.24, 2.45) is 5.92 Å². The van der Waals surface area contributed by atoms with Crippen LogP contribution in [0.5, 0.6) is 5.75 Å². The van der Waals surface area contributed by atoms with Crippen LogP contribution in [-0.4, -0.2) is 17.1 Å². The summed E-state index contributed by atoms with van der Waals surface area (Å²) >= 11 is 3.31. The zero-order chi connectivity index (χ0) is 16.1. The number of phenols is 1. The van der Waals surface area contributed by atoms with Gasteiger partial charge in [0.1, 0.15) is 17.4 Å². The molecule has 0 bridgehead atoms. The van der Waals surface area contributed by atoms with Crippen LogP contribution in [-0.2, 0) is 4.79 Å². The lowest BCUT2D eigenvalue weighted by molar-refractivity contribution is -0.118. The molecule has 0 spiro atoms. The van der Waals surface area contributed by atoms with Gasteiger partial charge in [-0.3, -0.25) is 4.79 Å². The summed E-state index contributed by atoms with van der Waals surface area (Å²) in [6.45, 7) is 2.13. The van der Waals surface area contributed by atoms with Crippen molar-refractivity contribution in [3.63, 3.8) is 0 Å². The first-order chi connectivity index (χ1) is 10.5. The first kappa shape index (κ1) is 16.6. The molecule has 1 amide bonds. The number of hydrogen-bond acceptors (Lipinski definition) is 3. The van der Waals surface area contributed by atoms with Gasteiger partial charge in [0.25, 0.3) is 5.91 Å². The van der Waals surface area contributed by atoms with Crippen LogP contribution >= 0.6 is 15.9 Å². The van der Waals surface area contributed by atoms with Gasteiger partial charge >= 0.3 is 0 Å². The molecule has 0 aromatic heterocycles. The molecule has 0 heterocycles. The van der Waals surface area contributed by atoms with Gasteiger partial charge in [0.15, 0.2) is 0 Å². The molecule has 1 aliphatic carbocycles. The van der Waals surface area contributed by atoms with Crippen LogP contribution in [0.1, 0.15) is 38.2 Å². The normalized spacial score (nSPS) is 22.0. The molecule has 5 heteroatoms. The molecule has 0 radical (unpaired) electrons. The monoisotopic (exact) mass is 362 g/mol. The molecule has 1 aromatic carbocycles. The van der Waals surface area contributed by atoms with Crippen molar-refractivity contribution in [1.29, 1.82) is 5.26 Å². The van der Waals surface area contributed by atoms with Crippen LogP contribution in [0.4, 0.5) is 0 Å². The fourth-order valence-electron chi connectivity index (χ4n) is 2.72. The highest BCUT2D eigenvalue weighted by Crippen LogP contribution is 2.26. The van der Waals surface area contributed by atoms with Crippen molar-refractivity contribution in [1.82, 2.24) is 5.32 Å². The zero-order valence-corrected chi connectivity index (χ0v) is 14.1. The molecular formula is C17H19BrN2O2. The summed E-state index contributed by atoms with van der Waals surface area (Å²) in [4.78, 5) is 12.3. The second kappa shape index (κ2) is 7.46. The average molecular weight is 363 g/mol. The van der Waals surface area contributed by atoms with Crippen molar-refractivity contribution >= 4 is 27.9 Å². The Kier molecular flexibility index (Phi) is 5.62. The highest BCUT2D eigenvalue weighted by atomic mass is 79.9. The molecule has 0 saturated heterocycles. The zero-order valence-electron chi connectivity index (χ0n) is 12.5. The maximum atomic E-state index is 12.3. The Morgan fingerprint density at radius 3 is 2.86 bits per heavy atom. The molecule has 0 aliphatic heterocycles. The molecule has 1 fully saturated rings. The van der Waals surface area contributed by atoms with Crippen LogP contribution in [0.2, 0.25) is 0 Å². The van der Waals surface area contributed by atoms with E-state index >= 15 is 0 Å². The number of rotatable bonds is 3. The van der Waals surface area contributed by atoms with Gasteiger partial charge < -0.3 is 10.4 Å². The molecule has 1 aliphatic rings. The van der Waals surface area contributed by atoms with Gasteiger partial charge in [0, 0.05) is 16.1 Å². The first-order valence-corrected chi connectivity index (χ1v) is 8.21. The predicted octanol–water partition coefficient (Wildman–Crippen LogP) is 3.76. The number of amides is 1. The van der Waals surface area contributed by atoms with Gasteiger partial charge in [0.05, 0.1) is 0 Å². The SMILES string of the molecule is C[C@@H]1CCCC[C@@H]1NC(=O)/C(C#N)=C/c1cc(Br)ccc1O. The molecule has 2 N–H and O–H groups in total. The minimum Gasteiger partial charge on any atom is -0.507 e. The number of halogens is 1. The van der Waals surface area contributed by atoms with Crippen molar-refractivity contribution < 1.29 is 9.90 Å². The summed E-state index contributed by atoms with van der Waals surface area (Å²) in [5, 5.41) is 22.0. The van der Waals surface area contributed by atoms with E-state index in [0.29, 0.717) is 11.5 Å². The average Bonchev–Trinajstić information content (AvgIpc) is 2.50. The topological polar surface area (TPSA) is 73.1 Å². The fourth-order valence-corrected chi connectivity index (χ4v) is 3.10. The van der Waals surface area contributed by atoms with Gasteiger partial charge in [-0.05, 0) is 43.0 Å². The predicted molar refractivity (Wildman–Crippen MR) is 89.0 cm³/mol. The minimum absolute atomic E-state index is 0.00572. The van der Waals surface area contributed by atoms with E-state index in [1.807, 2.05) is 6.07 Å². The van der Waals surface area contributed by atoms with E-state index < -0.39 is 0 Å². The third kappa shape index (κ3) is 4.11. The number of phenolic OH excluding ortho intramolecular Hbond substituents is 1. The van der Waals surface area contributed by atoms with Gasteiger partial charge in [-0.1, -0.05) is 35.7 Å². The second-order valence-corrected chi connectivity index (χ2v) is 6.63. The van der Waals surface area contributed by atoms with Crippen LogP contribution in [0, 0.1) is 17.2 Å². The highest BCUT2D eigenvalue weighted by Gasteiger charge is 2.24. The molecule has 1 saturated carbocycles. The quantitative estimate of drug-likeness (QED) is 0.635. The Balaban J connectivity index is 2.16. The highest BCUT2D eigenvalue weighted by molar-refractivity contribution is 9.10. The summed E-state index contributed by atoms with van der Waals surface area (Å²) in [5.74, 6) is 0.0901. The number of hydrogen-bond donors (Lipinski definition) is 2. The Morgan fingerprint density at radius 2 is 2.18 bits per heavy atom. The standard InChI is InChI=1S/C17H19BrN2O2/c1-11-4-2-3-5-15(11)20-17(22)13(10-19)8-12-9-14(18)6-7-16(12)21/h6-9,11,15,21H,2-5H2,1H3,(H,20,22)/b13-8+/t11-,15+/m1/s1. The number of benzene rings is 1. The Hall–Kier alpha value is -1.80. The maximum absolute atomic E-state index is 12.3. The Labute approximate surface area is 139 Å². The molecule has 2 rings (SSSR count). The number of carbonyl (C=O) groups is 1. The lowest BCUT2D eigenvalue weighted by Gasteiger charge is -2.29. The van der Waals surface area contributed by atoms with E-state index in [-0.39, 0.29) is 23.3 Å². The first-order valence-electron chi connectivity index (χ1n) is 7.42. The van der Waals surface area contributed by atoms with E-state index in [1.165, 1.54) is 18.6 Å². The van der Waals surface area contributed by atoms with Gasteiger partial charge in [0.2, 0.25) is 0 Å². The molecule has 1 aromatic rings. The largest absolute Gasteiger partial charge is 0.507 e. The molecular weight excluding hydrogens is 344 g/mol. The van der Waals surface area contributed by atoms with E-state index in [4.69, 9.17) is 0 Å². The van der Waals surface area contributed by atoms with E-state index in [0.717, 1.165) is 23.7 Å². The van der Waals surface area contributed by atoms with Gasteiger partial charge in [-0.25, -0.2) is 0 Å². The summed E-state index contributed by atoms with van der Waals surface area (Å²) in [6.07, 6.45) is 5.77. The van der Waals surface area contributed by atoms with E-state index in [2.05, 4.69) is 28.2 Å². The Morgan fingerprint density at radius 1 is 1.45 bits per heavy atom. The molecule has 116 valence electrons. The van der Waals surface area contributed by atoms with Crippen LogP contribution in [0.15, 0.2) is 28.2 Å². The maximum Gasteiger partial charge on any atom is 0.262 e. The lowest BCUT2D eigenvalue weighted by atomic mass is 9.86. The number of nitrogens with zero attached hydrogens (tertiary/aromatic N) is 1. The van der Waals surface area contributed by atoms with Crippen LogP contribution in [0.25, 0.3) is 6.08 Å². The summed E-state index contributed by atoms with van der Waals surface area (Å²) < 4.78 is 0.773. The summed E-state index contributed by atoms with van der Waals surface area (Å²) in [6, 6.07) is 6.93. The Bertz CT molecular complexity index is 634. The number of aromatic hydroxyl groups is 1. The summed E-state index contributed by atoms with van der Waals surface area (Å²) in [7, 11) is 0. The van der Waals surface area contributed by atoms with E-state index in [1.54, 1.807) is 12.1 Å². The number of nitriles is 1. The molecule has 0 unspecified atom stereocenters. The van der Waals surface area contributed by atoms with Crippen LogP contribution < -0.4 is 5.32 Å². The smallest absolute Gasteiger partial charge is 0.262 e. The van der Waals surface area contributed by atoms with Crippen molar-refractivity contribution in [3.05, 3.63) is 33.8 Å². The van der Waals surface area contributed by atoms with Gasteiger partial charge in [-0.2, -0.15) is 5.26 Å². The lowest BCUT2D eigenvalue weighted by Crippen LogP contribution is -2.41. The third-order valence-corrected chi connectivity index (χ3v) is 4.58. The van der Waals surface area contributed by atoms with Crippen LogP contribution in [0.3, 0.4) is 0 Å². The van der Waals surface area contributed by atoms with Gasteiger partial charge in [-0.15, -0.1) is 0 Å². The molecule has 4 nitrogen and oxygen atoms in total. The number of nitrogens with one attached hydrogen (secondary N) is 1. The third-order valence-electron chi connectivity index (χ3n) is 4.08.